The van der Waals surface area contributed by atoms with Crippen molar-refractivity contribution in [3.8, 4) is 0 Å². The number of aliphatic imine (C=N–C) groups is 1. The van der Waals surface area contributed by atoms with Gasteiger partial charge in [0, 0.05) is 6.08 Å². The molecule has 1 heterocycles. The summed E-state index contributed by atoms with van der Waals surface area (Å²) in [6.07, 6.45) is -2.23. The van der Waals surface area contributed by atoms with Crippen LogP contribution in [0.25, 0.3) is 17.2 Å². The molecule has 0 unspecified atom stereocenters. The number of benzene rings is 2. The fourth-order valence-electron chi connectivity index (χ4n) is 2.21. The first-order valence-electron chi connectivity index (χ1n) is 7.67. The number of nitrogens with zero attached hydrogens (tertiary/aromatic N) is 2. The van der Waals surface area contributed by atoms with Crippen molar-refractivity contribution in [1.29, 1.82) is 0 Å². The first-order chi connectivity index (χ1) is 12.8. The number of nitrogens with one attached hydrogen (secondary N) is 1. The number of amides is 1. The van der Waals surface area contributed by atoms with E-state index >= 15 is 0 Å². The summed E-state index contributed by atoms with van der Waals surface area (Å²) in [6, 6.07) is 11.6. The predicted octanol–water partition coefficient (Wildman–Crippen LogP) is 3.81. The average molecular weight is 374 g/mol. The molecule has 3 aromatic rings. The van der Waals surface area contributed by atoms with E-state index in [1.54, 1.807) is 24.3 Å². The van der Waals surface area contributed by atoms with Crippen LogP contribution in [0.5, 0.6) is 0 Å². The van der Waals surface area contributed by atoms with Crippen molar-refractivity contribution in [3.63, 3.8) is 0 Å². The molecule has 0 spiro atoms. The second-order valence-electron chi connectivity index (χ2n) is 5.40. The zero-order valence-electron chi connectivity index (χ0n) is 13.7. The molecule has 1 aromatic heterocycles. The Hall–Kier alpha value is -3.62. The lowest BCUT2D eigenvalue weighted by molar-refractivity contribution is -0.137. The van der Waals surface area contributed by atoms with Gasteiger partial charge in [0.25, 0.3) is 5.91 Å². The first-order valence-corrected chi connectivity index (χ1v) is 7.67. The molecule has 6 nitrogen and oxygen atoms in total. The molecule has 0 aliphatic carbocycles. The normalized spacial score (nSPS) is 12.6. The van der Waals surface area contributed by atoms with Crippen LogP contribution in [0.2, 0.25) is 0 Å². The van der Waals surface area contributed by atoms with Gasteiger partial charge in [-0.15, -0.1) is 0 Å². The van der Waals surface area contributed by atoms with Crippen molar-refractivity contribution in [2.24, 2.45) is 10.7 Å². The number of para-hydroxylation sites is 2. The Morgan fingerprint density at radius 3 is 2.70 bits per heavy atom. The lowest BCUT2D eigenvalue weighted by Gasteiger charge is -2.06. The van der Waals surface area contributed by atoms with Gasteiger partial charge in [0.05, 0.1) is 5.56 Å². The number of halogens is 3. The number of alkyl halides is 3. The molecular formula is C18H13F3N4O2. The zero-order valence-corrected chi connectivity index (χ0v) is 13.7. The molecule has 3 N–H and O–H groups in total. The van der Waals surface area contributed by atoms with E-state index in [0.717, 1.165) is 18.2 Å². The number of rotatable bonds is 3. The number of hydrogen-bond donors (Lipinski definition) is 2. The van der Waals surface area contributed by atoms with E-state index in [9.17, 15) is 18.0 Å². The van der Waals surface area contributed by atoms with Gasteiger partial charge in [-0.3, -0.25) is 10.1 Å². The molecule has 0 fully saturated rings. The highest BCUT2D eigenvalue weighted by molar-refractivity contribution is 6.04. The van der Waals surface area contributed by atoms with Crippen molar-refractivity contribution < 1.29 is 22.4 Å². The van der Waals surface area contributed by atoms with Gasteiger partial charge in [0.15, 0.2) is 5.58 Å². The molecule has 1 amide bonds. The number of anilines is 1. The maximum absolute atomic E-state index is 12.7. The molecule has 138 valence electrons. The lowest BCUT2D eigenvalue weighted by Crippen LogP contribution is -2.23. The van der Waals surface area contributed by atoms with E-state index in [0.29, 0.717) is 11.1 Å². The third-order valence-corrected chi connectivity index (χ3v) is 3.39. The summed E-state index contributed by atoms with van der Waals surface area (Å²) < 4.78 is 43.4. The standard InChI is InChI=1S/C18H13F3N4O2/c19-18(20,21)12-5-3-4-11(10-12)8-9-15(26)24-16(22)25-17-23-13-6-1-2-7-14(13)27-17/h1-10H,(H3,22,23,24,25,26)/b9-8+. The lowest BCUT2D eigenvalue weighted by atomic mass is 10.1. The highest BCUT2D eigenvalue weighted by atomic mass is 19.4. The summed E-state index contributed by atoms with van der Waals surface area (Å²) in [4.78, 5) is 19.5. The molecule has 0 bridgehead atoms. The number of nitrogens with two attached hydrogens (primary N) is 1. The van der Waals surface area contributed by atoms with Crippen molar-refractivity contribution in [2.75, 3.05) is 5.32 Å². The van der Waals surface area contributed by atoms with Gasteiger partial charge in [-0.1, -0.05) is 24.3 Å². The Labute approximate surface area is 151 Å². The summed E-state index contributed by atoms with van der Waals surface area (Å²) in [6.45, 7) is 0. The van der Waals surface area contributed by atoms with Crippen LogP contribution in [0, 0.1) is 0 Å². The van der Waals surface area contributed by atoms with Crippen LogP contribution in [0.15, 0.2) is 64.0 Å². The average Bonchev–Trinajstić information content (AvgIpc) is 3.01. The number of oxazole rings is 1. The Balaban J connectivity index is 1.67. The van der Waals surface area contributed by atoms with E-state index in [1.807, 2.05) is 0 Å². The minimum atomic E-state index is -4.46. The van der Waals surface area contributed by atoms with Crippen LogP contribution in [-0.4, -0.2) is 16.9 Å². The van der Waals surface area contributed by atoms with Gasteiger partial charge in [0.2, 0.25) is 5.96 Å². The Morgan fingerprint density at radius 2 is 1.96 bits per heavy atom. The summed E-state index contributed by atoms with van der Waals surface area (Å²) in [5.41, 5.74) is 6.15. The molecule has 0 aliphatic heterocycles. The molecule has 3 rings (SSSR count). The van der Waals surface area contributed by atoms with Crippen molar-refractivity contribution in [1.82, 2.24) is 4.98 Å². The summed E-state index contributed by atoms with van der Waals surface area (Å²) in [7, 11) is 0. The molecule has 0 saturated heterocycles. The van der Waals surface area contributed by atoms with Crippen LogP contribution in [-0.2, 0) is 11.0 Å². The second kappa shape index (κ2) is 7.32. The molecule has 0 saturated carbocycles. The molecule has 0 atom stereocenters. The minimum absolute atomic E-state index is 0.0621. The number of fused-ring (bicyclic) bond motifs is 1. The van der Waals surface area contributed by atoms with E-state index in [4.69, 9.17) is 10.2 Å². The van der Waals surface area contributed by atoms with Gasteiger partial charge in [-0.2, -0.15) is 23.1 Å². The van der Waals surface area contributed by atoms with Crippen LogP contribution in [0.1, 0.15) is 11.1 Å². The van der Waals surface area contributed by atoms with Crippen LogP contribution >= 0.6 is 0 Å². The SMILES string of the molecule is N/C(=N\C(=O)/C=C/c1cccc(C(F)(F)F)c1)Nc1nc2ccccc2o1. The Morgan fingerprint density at radius 1 is 1.19 bits per heavy atom. The van der Waals surface area contributed by atoms with Gasteiger partial charge in [-0.25, -0.2) is 0 Å². The van der Waals surface area contributed by atoms with E-state index < -0.39 is 17.6 Å². The summed E-state index contributed by atoms with van der Waals surface area (Å²) >= 11 is 0. The zero-order chi connectivity index (χ0) is 19.4. The number of carbonyl (C=O) groups excluding carboxylic acids is 1. The predicted molar refractivity (Wildman–Crippen MR) is 94.7 cm³/mol. The number of aromatic nitrogens is 1. The molecular weight excluding hydrogens is 361 g/mol. The van der Waals surface area contributed by atoms with Crippen LogP contribution in [0.4, 0.5) is 19.2 Å². The Bertz CT molecular complexity index is 1010. The number of guanidine groups is 1. The third-order valence-electron chi connectivity index (χ3n) is 3.39. The topological polar surface area (TPSA) is 93.5 Å². The molecule has 27 heavy (non-hydrogen) atoms. The van der Waals surface area contributed by atoms with Crippen molar-refractivity contribution in [2.45, 2.75) is 6.18 Å². The fourth-order valence-corrected chi connectivity index (χ4v) is 2.21. The maximum atomic E-state index is 12.7. The van der Waals surface area contributed by atoms with Crippen LogP contribution < -0.4 is 11.1 Å². The van der Waals surface area contributed by atoms with Crippen LogP contribution in [0.3, 0.4) is 0 Å². The molecule has 9 heteroatoms. The summed E-state index contributed by atoms with van der Waals surface area (Å²) in [5, 5.41) is 2.54. The fraction of sp³-hybridized carbons (Fsp3) is 0.0556. The number of carbonyl (C=O) groups is 1. The quantitative estimate of drug-likeness (QED) is 0.413. The molecule has 0 radical (unpaired) electrons. The third kappa shape index (κ3) is 4.72. The van der Waals surface area contributed by atoms with Crippen molar-refractivity contribution in [3.05, 3.63) is 65.7 Å². The first kappa shape index (κ1) is 18.2. The van der Waals surface area contributed by atoms with Gasteiger partial charge in [-0.05, 0) is 35.9 Å². The largest absolute Gasteiger partial charge is 0.423 e. The smallest absolute Gasteiger partial charge is 0.416 e. The minimum Gasteiger partial charge on any atom is -0.423 e. The maximum Gasteiger partial charge on any atom is 0.416 e. The summed E-state index contributed by atoms with van der Waals surface area (Å²) in [5.74, 6) is -1.02. The highest BCUT2D eigenvalue weighted by Gasteiger charge is 2.30. The monoisotopic (exact) mass is 374 g/mol. The molecule has 2 aromatic carbocycles. The highest BCUT2D eigenvalue weighted by Crippen LogP contribution is 2.29. The van der Waals surface area contributed by atoms with Crippen molar-refractivity contribution >= 4 is 35.1 Å². The van der Waals surface area contributed by atoms with Gasteiger partial charge < -0.3 is 10.2 Å². The van der Waals surface area contributed by atoms with Gasteiger partial charge in [0.1, 0.15) is 5.52 Å². The second-order valence-corrected chi connectivity index (χ2v) is 5.40. The van der Waals surface area contributed by atoms with Gasteiger partial charge >= 0.3 is 12.2 Å². The number of hydrogen-bond acceptors (Lipinski definition) is 3. The van der Waals surface area contributed by atoms with E-state index in [2.05, 4.69) is 15.3 Å². The Kier molecular flexibility index (Phi) is 4.93. The van der Waals surface area contributed by atoms with E-state index in [1.165, 1.54) is 18.2 Å². The molecule has 0 aliphatic rings. The van der Waals surface area contributed by atoms with E-state index in [-0.39, 0.29) is 17.5 Å².